The zero-order valence-electron chi connectivity index (χ0n) is 2.98. The molecule has 2 radical (unpaired) electrons. The van der Waals surface area contributed by atoms with Gasteiger partial charge in [0, 0.05) is 34.1 Å². The molecule has 0 aromatic rings. The molecule has 0 fully saturated rings. The molecule has 0 N–H and O–H groups in total. The molecular formula is H12Al2Cu2Ga2In2Se3. The van der Waals surface area contributed by atoms with Gasteiger partial charge in [0.15, 0.2) is 34.7 Å². The largest absolute Gasteiger partial charge is 2.00 e. The van der Waals surface area contributed by atoms with Gasteiger partial charge in [-0.15, -0.1) is 0 Å². The van der Waals surface area contributed by atoms with E-state index in [9.17, 15) is 0 Å². The molecule has 0 spiro atoms. The third-order valence-corrected chi connectivity index (χ3v) is 0. The number of hydrogen-bond acceptors (Lipinski definition) is 0. The van der Waals surface area contributed by atoms with Crippen LogP contribution in [-0.2, 0) is 34.1 Å². The molecule has 11 heteroatoms. The van der Waals surface area contributed by atoms with E-state index >= 15 is 0 Å². The van der Waals surface area contributed by atoms with E-state index in [0.29, 0.717) is 0 Å². The van der Waals surface area contributed by atoms with Crippen LogP contribution in [0.15, 0.2) is 0 Å². The molecule has 0 rings (SSSR count). The summed E-state index contributed by atoms with van der Waals surface area (Å²) in [6.45, 7) is 0. The minimum absolute atomic E-state index is 0. The third-order valence-electron chi connectivity index (χ3n) is 0. The Morgan fingerprint density at radius 1 is 0.455 bits per heavy atom. The molecule has 0 bridgehead atoms. The summed E-state index contributed by atoms with van der Waals surface area (Å²) in [5, 5.41) is 0. The van der Waals surface area contributed by atoms with Crippen molar-refractivity contribution in [3.8, 4) is 0 Å². The van der Waals surface area contributed by atoms with Crippen LogP contribution in [-0.4, -0.2) is 177 Å². The number of hydrogen-bond donors (Lipinski definition) is 0. The van der Waals surface area contributed by atoms with Gasteiger partial charge in [0.25, 0.3) is 0 Å². The summed E-state index contributed by atoms with van der Waals surface area (Å²) in [5.74, 6) is 0. The van der Waals surface area contributed by atoms with Crippen molar-refractivity contribution in [2.75, 3.05) is 0 Å². The molecule has 11 heavy (non-hydrogen) atoms. The van der Waals surface area contributed by atoms with E-state index in [1.165, 1.54) is 0 Å². The zero-order chi connectivity index (χ0) is 0. The first-order chi connectivity index (χ1) is 0. The van der Waals surface area contributed by atoms with Crippen LogP contribution < -0.4 is 0 Å². The van der Waals surface area contributed by atoms with Crippen LogP contribution in [0.3, 0.4) is 0 Å². The molecule has 0 aliphatic carbocycles. The predicted octanol–water partition coefficient (Wildman–Crippen LogP) is -6.64. The van der Waals surface area contributed by atoms with Crippen molar-refractivity contribution in [3.05, 3.63) is 0 Å². The first-order valence-electron chi connectivity index (χ1n) is 0. The van der Waals surface area contributed by atoms with Crippen LogP contribution in [0, 0.1) is 0 Å². The summed E-state index contributed by atoms with van der Waals surface area (Å²) < 4.78 is 0. The van der Waals surface area contributed by atoms with E-state index in [-0.39, 0.29) is 211 Å². The molecule has 0 aliphatic heterocycles. The van der Waals surface area contributed by atoms with Gasteiger partial charge in [-0.3, -0.25) is 0 Å². The van der Waals surface area contributed by atoms with Crippen molar-refractivity contribution < 1.29 is 34.1 Å². The summed E-state index contributed by atoms with van der Waals surface area (Å²) in [6, 6.07) is 0. The van der Waals surface area contributed by atoms with E-state index in [4.69, 9.17) is 0 Å². The van der Waals surface area contributed by atoms with E-state index in [0.717, 1.165) is 0 Å². The predicted molar refractivity (Wildman–Crippen MR) is 68.5 cm³/mol. The molecule has 0 aromatic carbocycles. The van der Waals surface area contributed by atoms with Crippen molar-refractivity contribution in [2.24, 2.45) is 0 Å². The van der Waals surface area contributed by atoms with E-state index in [1.54, 1.807) is 0 Å². The molecule has 0 nitrogen and oxygen atoms in total. The maximum Gasteiger partial charge on any atom is -2.00 e. The molecule has 0 saturated heterocycles. The molecule has 0 aliphatic rings. The molecule has 0 heterocycles. The molecule has 0 amide bonds. The van der Waals surface area contributed by atoms with Crippen LogP contribution in [0.4, 0.5) is 0 Å². The fourth-order valence-electron chi connectivity index (χ4n) is 0. The number of rotatable bonds is 0. The van der Waals surface area contributed by atoms with Gasteiger partial charge < -0.3 is 51.2 Å². The second-order valence-corrected chi connectivity index (χ2v) is 0. The second kappa shape index (κ2) is 92.0. The van der Waals surface area contributed by atoms with Crippen LogP contribution in [0.25, 0.3) is 0 Å². The molecule has 0 unspecified atom stereocenters. The maximum absolute atomic E-state index is 0. The maximum atomic E-state index is 0. The Bertz CT molecular complexity index is 25.3. The summed E-state index contributed by atoms with van der Waals surface area (Å²) in [5.41, 5.74) is 0. The van der Waals surface area contributed by atoms with E-state index < -0.39 is 0 Å². The quantitative estimate of drug-likeness (QED) is 0.214. The molecule has 0 aromatic heterocycles. The Morgan fingerprint density at radius 3 is 0.455 bits per heavy atom. The van der Waals surface area contributed by atoms with E-state index in [1.807, 2.05) is 0 Å². The first-order valence-corrected chi connectivity index (χ1v) is 0. The summed E-state index contributed by atoms with van der Waals surface area (Å²) in [6.07, 6.45) is 0. The van der Waals surface area contributed by atoms with Crippen LogP contribution in [0.5, 0.6) is 0 Å². The van der Waals surface area contributed by atoms with Crippen LogP contribution >= 0.6 is 0 Å². The van der Waals surface area contributed by atoms with Crippen molar-refractivity contribution >= 4 is 177 Å². The Hall–Kier alpha value is 6.68. The Morgan fingerprint density at radius 2 is 0.455 bits per heavy atom. The molecular weight excluding hydrogens is 787 g/mol. The van der Waals surface area contributed by atoms with Crippen molar-refractivity contribution in [2.45, 2.75) is 0 Å². The zero-order valence-corrected chi connectivity index (χ0v) is 14.9. The van der Waals surface area contributed by atoms with Gasteiger partial charge in [0.1, 0.15) is 0 Å². The fraction of sp³-hybridized carbons (Fsp3) is 0. The third kappa shape index (κ3) is 80.6. The van der Waals surface area contributed by atoms with Gasteiger partial charge in [-0.2, -0.15) is 0 Å². The molecule has 0 atom stereocenters. The summed E-state index contributed by atoms with van der Waals surface area (Å²) >= 11 is 0. The Labute approximate surface area is 206 Å². The standard InChI is InChI=1S/2Al.2Cu.2Ga.2In.3Se.12H/q;;;;2*+3;;;3*-2;;;;;;;;;;;;. The van der Waals surface area contributed by atoms with Gasteiger partial charge in [-0.25, -0.2) is 0 Å². The fourth-order valence-corrected chi connectivity index (χ4v) is 0. The normalized spacial score (nSPS) is 0. The van der Waals surface area contributed by atoms with Crippen molar-refractivity contribution in [1.29, 1.82) is 0 Å². The van der Waals surface area contributed by atoms with Crippen LogP contribution in [0.1, 0.15) is 0 Å². The van der Waals surface area contributed by atoms with Gasteiger partial charge in [0.05, 0.1) is 0 Å². The van der Waals surface area contributed by atoms with Gasteiger partial charge in [0.2, 0.25) is 0 Å². The van der Waals surface area contributed by atoms with Crippen LogP contribution in [0.2, 0.25) is 0 Å². The van der Waals surface area contributed by atoms with Gasteiger partial charge in [-0.1, -0.05) is 0 Å². The Balaban J connectivity index is 0. The molecule has 0 saturated carbocycles. The average molecular weight is 799 g/mol. The Kier molecular flexibility index (Phi) is 922. The van der Waals surface area contributed by atoms with Crippen molar-refractivity contribution in [1.82, 2.24) is 0 Å². The van der Waals surface area contributed by atoms with Crippen molar-refractivity contribution in [3.63, 3.8) is 0 Å². The second-order valence-electron chi connectivity index (χ2n) is 0. The van der Waals surface area contributed by atoms with Gasteiger partial charge in [-0.05, 0) is 0 Å². The monoisotopic (exact) mass is 799 g/mol. The summed E-state index contributed by atoms with van der Waals surface area (Å²) in [4.78, 5) is 0. The SMILES string of the molecule is [AlH3].[AlH3].[Cu].[Cu].[Ga+3].[Ga+3].[InH3].[InH3].[Se-2].[Se-2].[Se-2]. The summed E-state index contributed by atoms with van der Waals surface area (Å²) in [7, 11) is 0. The minimum Gasteiger partial charge on any atom is -2.00 e. The van der Waals surface area contributed by atoms with Gasteiger partial charge >= 0.3 is 91.3 Å². The average Bonchev–Trinajstić information content (AvgIpc) is 0. The first kappa shape index (κ1) is 110. The molecule has 70 valence electrons. The smallest absolute Gasteiger partial charge is 2.00 e. The topological polar surface area (TPSA) is 0 Å². The van der Waals surface area contributed by atoms with E-state index in [2.05, 4.69) is 0 Å². The minimum atomic E-state index is 0.